The molecule has 1 aliphatic rings. The molecule has 0 atom stereocenters. The fraction of sp³-hybridized carbons (Fsp3) is 0.429. The van der Waals surface area contributed by atoms with Crippen molar-refractivity contribution in [1.82, 2.24) is 10.2 Å². The number of nitrogens with one attached hydrogen (secondary N) is 3. The molecule has 8 nitrogen and oxygen atoms in total. The zero-order valence-corrected chi connectivity index (χ0v) is 23.4. The van der Waals surface area contributed by atoms with Gasteiger partial charge in [-0.25, -0.2) is 11.1 Å². The van der Waals surface area contributed by atoms with E-state index in [4.69, 9.17) is 34.3 Å². The molecule has 0 bridgehead atoms. The van der Waals surface area contributed by atoms with Gasteiger partial charge in [-0.1, -0.05) is 62.2 Å². The van der Waals surface area contributed by atoms with Crippen LogP contribution in [0.25, 0.3) is 6.08 Å². The molecular formula is C28H34Cl2N6O2. The number of rotatable bonds is 9. The second kappa shape index (κ2) is 13.1. The molecule has 38 heavy (non-hydrogen) atoms. The number of benzene rings is 2. The lowest BCUT2D eigenvalue weighted by Gasteiger charge is -2.41. The van der Waals surface area contributed by atoms with E-state index in [0.717, 1.165) is 31.2 Å². The molecule has 1 aliphatic carbocycles. The minimum absolute atomic E-state index is 0.0912. The van der Waals surface area contributed by atoms with Crippen LogP contribution in [-0.2, 0) is 11.3 Å². The quantitative estimate of drug-likeness (QED) is 0.216. The van der Waals surface area contributed by atoms with Crippen molar-refractivity contribution in [3.8, 4) is 0 Å². The van der Waals surface area contributed by atoms with Crippen LogP contribution in [0.3, 0.4) is 0 Å². The second-order valence-corrected chi connectivity index (χ2v) is 11.4. The number of hydrogen-bond donors (Lipinski definition) is 3. The standard InChI is InChI=1S/C28H34Cl2N6O2/c1-28(2,3)20-11-13-21(14-12-20)36(25(37)16-15-22-23(29)5-4-6-24(22)30)17-18-7-9-19(10-8-18)26(38)33-27(34-31)35-32/h4-10,15-16,20-21,27,31-32H,11-14,17H2,1-3H3,(H,33,38). The SMILES string of the molecule is CC(C)(C)C1CCC(N(Cc2ccc(C(=O)NC(N=N)N=N)cc2)C(=O)C=Cc2c(Cl)cccc2Cl)CC1. The van der Waals surface area contributed by atoms with Gasteiger partial charge in [-0.2, -0.15) is 0 Å². The van der Waals surface area contributed by atoms with Crippen molar-refractivity contribution >= 4 is 41.1 Å². The summed E-state index contributed by atoms with van der Waals surface area (Å²) in [5.74, 6) is 0.00113. The van der Waals surface area contributed by atoms with Crippen LogP contribution in [0.2, 0.25) is 10.0 Å². The van der Waals surface area contributed by atoms with E-state index in [1.807, 2.05) is 4.90 Å². The fourth-order valence-electron chi connectivity index (χ4n) is 4.81. The van der Waals surface area contributed by atoms with Gasteiger partial charge in [0, 0.05) is 39.8 Å². The van der Waals surface area contributed by atoms with Crippen LogP contribution in [0.5, 0.6) is 0 Å². The van der Waals surface area contributed by atoms with E-state index in [0.29, 0.717) is 33.6 Å². The summed E-state index contributed by atoms with van der Waals surface area (Å²) >= 11 is 12.6. The summed E-state index contributed by atoms with van der Waals surface area (Å²) in [6, 6.07) is 12.2. The van der Waals surface area contributed by atoms with Crippen LogP contribution in [0.4, 0.5) is 0 Å². The maximum Gasteiger partial charge on any atom is 0.254 e. The van der Waals surface area contributed by atoms with Gasteiger partial charge in [0.05, 0.1) is 0 Å². The first-order valence-corrected chi connectivity index (χ1v) is 13.3. The average molecular weight is 558 g/mol. The van der Waals surface area contributed by atoms with Gasteiger partial charge >= 0.3 is 0 Å². The summed E-state index contributed by atoms with van der Waals surface area (Å²) in [5.41, 5.74) is 16.0. The Labute approximate surface area is 233 Å². The topological polar surface area (TPSA) is 122 Å². The molecule has 0 radical (unpaired) electrons. The molecule has 0 saturated heterocycles. The predicted octanol–water partition coefficient (Wildman–Crippen LogP) is 7.72. The highest BCUT2D eigenvalue weighted by molar-refractivity contribution is 6.37. The minimum Gasteiger partial charge on any atom is -0.332 e. The van der Waals surface area contributed by atoms with Crippen molar-refractivity contribution in [3.63, 3.8) is 0 Å². The molecule has 2 amide bonds. The normalized spacial score (nSPS) is 18.6. The van der Waals surface area contributed by atoms with Crippen LogP contribution < -0.4 is 5.32 Å². The van der Waals surface area contributed by atoms with Crippen LogP contribution in [0.1, 0.15) is 67.9 Å². The molecule has 0 unspecified atom stereocenters. The molecule has 2 aromatic rings. The van der Waals surface area contributed by atoms with E-state index in [9.17, 15) is 9.59 Å². The summed E-state index contributed by atoms with van der Waals surface area (Å²) in [6.45, 7) is 7.20. The van der Waals surface area contributed by atoms with Crippen molar-refractivity contribution in [3.05, 3.63) is 75.3 Å². The Kier molecular flexibility index (Phi) is 10.2. The first-order valence-electron chi connectivity index (χ1n) is 12.6. The molecule has 3 N–H and O–H groups in total. The molecule has 0 aromatic heterocycles. The van der Waals surface area contributed by atoms with E-state index in [1.165, 1.54) is 6.08 Å². The molecular weight excluding hydrogens is 523 g/mol. The average Bonchev–Trinajstić information content (AvgIpc) is 2.89. The third-order valence-electron chi connectivity index (χ3n) is 7.11. The Morgan fingerprint density at radius 2 is 1.61 bits per heavy atom. The lowest BCUT2D eigenvalue weighted by molar-refractivity contribution is -0.130. The predicted molar refractivity (Wildman–Crippen MR) is 149 cm³/mol. The van der Waals surface area contributed by atoms with Crippen molar-refractivity contribution in [1.29, 1.82) is 11.1 Å². The van der Waals surface area contributed by atoms with Gasteiger partial charge in [0.15, 0.2) is 0 Å². The smallest absolute Gasteiger partial charge is 0.254 e. The summed E-state index contributed by atoms with van der Waals surface area (Å²) in [7, 11) is 0. The van der Waals surface area contributed by atoms with Gasteiger partial charge in [0.1, 0.15) is 0 Å². The lowest BCUT2D eigenvalue weighted by atomic mass is 9.71. The molecule has 0 aliphatic heterocycles. The molecule has 10 heteroatoms. The first kappa shape index (κ1) is 29.5. The Hall–Kier alpha value is -3.10. The van der Waals surface area contributed by atoms with Gasteiger partial charge in [-0.15, -0.1) is 10.2 Å². The summed E-state index contributed by atoms with van der Waals surface area (Å²) in [6.07, 6.45) is 5.91. The fourth-order valence-corrected chi connectivity index (χ4v) is 5.34. The maximum absolute atomic E-state index is 13.5. The molecule has 0 heterocycles. The summed E-state index contributed by atoms with van der Waals surface area (Å²) in [4.78, 5) is 27.8. The van der Waals surface area contributed by atoms with Gasteiger partial charge in [-0.05, 0) is 72.9 Å². The summed E-state index contributed by atoms with van der Waals surface area (Å²) in [5, 5.41) is 9.47. The Morgan fingerprint density at radius 3 is 2.13 bits per heavy atom. The van der Waals surface area contributed by atoms with Gasteiger partial charge in [0.2, 0.25) is 5.91 Å². The second-order valence-electron chi connectivity index (χ2n) is 10.6. The number of amides is 2. The molecule has 2 aromatic carbocycles. The van der Waals surface area contributed by atoms with Crippen molar-refractivity contribution in [2.75, 3.05) is 0 Å². The third kappa shape index (κ3) is 7.71. The maximum atomic E-state index is 13.5. The molecule has 0 spiro atoms. The zero-order chi connectivity index (χ0) is 27.9. The van der Waals surface area contributed by atoms with Gasteiger partial charge in [-0.3, -0.25) is 9.59 Å². The minimum atomic E-state index is -1.24. The Morgan fingerprint density at radius 1 is 1.03 bits per heavy atom. The monoisotopic (exact) mass is 556 g/mol. The summed E-state index contributed by atoms with van der Waals surface area (Å²) < 4.78 is 0. The Bertz CT molecular complexity index is 1160. The highest BCUT2D eigenvalue weighted by Crippen LogP contribution is 2.39. The van der Waals surface area contributed by atoms with Gasteiger partial charge in [0.25, 0.3) is 12.2 Å². The van der Waals surface area contributed by atoms with E-state index >= 15 is 0 Å². The third-order valence-corrected chi connectivity index (χ3v) is 7.77. The number of nitrogens with zero attached hydrogens (tertiary/aromatic N) is 3. The first-order chi connectivity index (χ1) is 18.0. The number of hydrogen-bond acceptors (Lipinski definition) is 6. The number of carbonyl (C=O) groups excluding carboxylic acids is 2. The molecule has 3 rings (SSSR count). The number of carbonyl (C=O) groups is 2. The van der Waals surface area contributed by atoms with Crippen LogP contribution in [-0.4, -0.2) is 29.0 Å². The van der Waals surface area contributed by atoms with Crippen LogP contribution >= 0.6 is 23.2 Å². The highest BCUT2D eigenvalue weighted by Gasteiger charge is 2.33. The van der Waals surface area contributed by atoms with Crippen molar-refractivity contribution < 1.29 is 9.59 Å². The highest BCUT2D eigenvalue weighted by atomic mass is 35.5. The van der Waals surface area contributed by atoms with Gasteiger partial charge < -0.3 is 10.2 Å². The molecule has 1 fully saturated rings. The van der Waals surface area contributed by atoms with E-state index in [-0.39, 0.29) is 17.4 Å². The largest absolute Gasteiger partial charge is 0.332 e. The van der Waals surface area contributed by atoms with E-state index in [2.05, 4.69) is 36.3 Å². The van der Waals surface area contributed by atoms with Crippen LogP contribution in [0, 0.1) is 22.4 Å². The molecule has 1 saturated carbocycles. The van der Waals surface area contributed by atoms with Crippen molar-refractivity contribution in [2.24, 2.45) is 21.6 Å². The lowest BCUT2D eigenvalue weighted by Crippen LogP contribution is -2.42. The zero-order valence-electron chi connectivity index (χ0n) is 21.9. The molecule has 202 valence electrons. The van der Waals surface area contributed by atoms with E-state index in [1.54, 1.807) is 48.5 Å². The number of halogens is 2. The Balaban J connectivity index is 1.80. The van der Waals surface area contributed by atoms with Crippen LogP contribution in [0.15, 0.2) is 58.8 Å². The van der Waals surface area contributed by atoms with E-state index < -0.39 is 12.2 Å². The van der Waals surface area contributed by atoms with Crippen molar-refractivity contribution in [2.45, 2.75) is 65.3 Å².